The maximum Gasteiger partial charge on any atom is 0.351 e. The van der Waals surface area contributed by atoms with E-state index in [0.29, 0.717) is 4.57 Å². The van der Waals surface area contributed by atoms with Gasteiger partial charge in [0.2, 0.25) is 6.36 Å². The Kier molecular flexibility index (Phi) is 6.83. The fourth-order valence-corrected chi connectivity index (χ4v) is 1.96. The topological polar surface area (TPSA) is 127 Å². The fraction of sp³-hybridized carbons (Fsp3) is 0.333. The van der Waals surface area contributed by atoms with E-state index in [1.165, 1.54) is 24.5 Å². The van der Waals surface area contributed by atoms with Crippen LogP contribution < -0.4 is 11.0 Å². The summed E-state index contributed by atoms with van der Waals surface area (Å²) in [4.78, 5) is 31.4. The Labute approximate surface area is 145 Å². The molecule has 26 heavy (non-hydrogen) atoms. The SMILES string of the molecule is O=C(Nc1ccn([C@@H](CF)O[C@H](CO)[C@@H](O)F)c(=O)n1)c1cccnc1. The zero-order chi connectivity index (χ0) is 19.1. The van der Waals surface area contributed by atoms with Crippen molar-refractivity contribution in [1.29, 1.82) is 0 Å². The van der Waals surface area contributed by atoms with Gasteiger partial charge < -0.3 is 20.3 Å². The molecule has 0 aromatic carbocycles. The first-order valence-corrected chi connectivity index (χ1v) is 7.41. The first-order chi connectivity index (χ1) is 12.5. The van der Waals surface area contributed by atoms with Crippen LogP contribution in [0.4, 0.5) is 14.6 Å². The average molecular weight is 370 g/mol. The first kappa shape index (κ1) is 19.6. The van der Waals surface area contributed by atoms with Crippen LogP contribution in [0.15, 0.2) is 41.6 Å². The monoisotopic (exact) mass is 370 g/mol. The molecule has 0 unspecified atom stereocenters. The Hall–Kier alpha value is -2.76. The van der Waals surface area contributed by atoms with Crippen molar-refractivity contribution in [1.82, 2.24) is 14.5 Å². The molecule has 0 aliphatic heterocycles. The molecule has 1 amide bonds. The average Bonchev–Trinajstić information content (AvgIpc) is 2.64. The van der Waals surface area contributed by atoms with Crippen LogP contribution >= 0.6 is 0 Å². The molecule has 140 valence electrons. The molecule has 0 radical (unpaired) electrons. The number of halogens is 2. The second kappa shape index (κ2) is 9.08. The number of carbonyl (C=O) groups is 1. The van der Waals surface area contributed by atoms with Gasteiger partial charge >= 0.3 is 5.69 Å². The molecule has 0 saturated heterocycles. The molecule has 0 fully saturated rings. The second-order valence-corrected chi connectivity index (χ2v) is 5.04. The van der Waals surface area contributed by atoms with Crippen molar-refractivity contribution in [3.8, 4) is 0 Å². The van der Waals surface area contributed by atoms with Crippen molar-refractivity contribution in [3.05, 3.63) is 52.8 Å². The number of nitrogens with zero attached hydrogens (tertiary/aromatic N) is 3. The van der Waals surface area contributed by atoms with Crippen LogP contribution in [-0.4, -0.2) is 56.4 Å². The number of hydrogen-bond donors (Lipinski definition) is 3. The maximum atomic E-state index is 13.1. The molecule has 0 aliphatic carbocycles. The summed E-state index contributed by atoms with van der Waals surface area (Å²) < 4.78 is 31.5. The summed E-state index contributed by atoms with van der Waals surface area (Å²) in [5.41, 5.74) is -0.743. The van der Waals surface area contributed by atoms with Crippen LogP contribution in [0, 0.1) is 0 Å². The van der Waals surface area contributed by atoms with Crippen LogP contribution in [0.3, 0.4) is 0 Å². The molecule has 2 aromatic heterocycles. The number of amides is 1. The molecule has 9 nitrogen and oxygen atoms in total. The lowest BCUT2D eigenvalue weighted by Gasteiger charge is -2.23. The van der Waals surface area contributed by atoms with Crippen LogP contribution in [0.5, 0.6) is 0 Å². The fourth-order valence-electron chi connectivity index (χ4n) is 1.96. The number of aliphatic hydroxyl groups excluding tert-OH is 2. The largest absolute Gasteiger partial charge is 0.393 e. The first-order valence-electron chi connectivity index (χ1n) is 7.41. The van der Waals surface area contributed by atoms with E-state index in [0.717, 1.165) is 6.20 Å². The van der Waals surface area contributed by atoms with Gasteiger partial charge in [-0.25, -0.2) is 13.6 Å². The minimum atomic E-state index is -2.56. The predicted octanol–water partition coefficient (Wildman–Crippen LogP) is 0.0241. The van der Waals surface area contributed by atoms with Gasteiger partial charge in [-0.15, -0.1) is 0 Å². The summed E-state index contributed by atoms with van der Waals surface area (Å²) >= 11 is 0. The Morgan fingerprint density at radius 1 is 1.42 bits per heavy atom. The lowest BCUT2D eigenvalue weighted by molar-refractivity contribution is -0.165. The van der Waals surface area contributed by atoms with Gasteiger partial charge in [0, 0.05) is 18.6 Å². The number of rotatable bonds is 8. The second-order valence-electron chi connectivity index (χ2n) is 5.04. The van der Waals surface area contributed by atoms with Gasteiger partial charge in [0.1, 0.15) is 18.6 Å². The number of carbonyl (C=O) groups excluding carboxylic acids is 1. The van der Waals surface area contributed by atoms with Gasteiger partial charge in [0.15, 0.2) is 6.23 Å². The molecule has 3 atom stereocenters. The Balaban J connectivity index is 2.15. The molecule has 0 spiro atoms. The Morgan fingerprint density at radius 3 is 2.73 bits per heavy atom. The number of anilines is 1. The van der Waals surface area contributed by atoms with Gasteiger partial charge in [-0.3, -0.25) is 14.3 Å². The van der Waals surface area contributed by atoms with E-state index in [9.17, 15) is 18.4 Å². The van der Waals surface area contributed by atoms with E-state index in [1.807, 2.05) is 0 Å². The zero-order valence-corrected chi connectivity index (χ0v) is 13.3. The van der Waals surface area contributed by atoms with Crippen molar-refractivity contribution in [2.75, 3.05) is 18.6 Å². The summed E-state index contributed by atoms with van der Waals surface area (Å²) in [6.45, 7) is -2.16. The van der Waals surface area contributed by atoms with Crippen molar-refractivity contribution in [3.63, 3.8) is 0 Å². The highest BCUT2D eigenvalue weighted by atomic mass is 19.1. The van der Waals surface area contributed by atoms with Crippen LogP contribution in [0.25, 0.3) is 0 Å². The number of ether oxygens (including phenoxy) is 1. The summed E-state index contributed by atoms with van der Waals surface area (Å²) in [5.74, 6) is -0.649. The molecule has 0 bridgehead atoms. The molecule has 3 N–H and O–H groups in total. The minimum absolute atomic E-state index is 0.0954. The van der Waals surface area contributed by atoms with Crippen LogP contribution in [0.1, 0.15) is 16.6 Å². The van der Waals surface area contributed by atoms with Crippen molar-refractivity contribution in [2.45, 2.75) is 18.7 Å². The summed E-state index contributed by atoms with van der Waals surface area (Å²) in [6.07, 6.45) is -2.01. The normalized spacial score (nSPS) is 14.5. The molecule has 11 heteroatoms. The van der Waals surface area contributed by atoms with E-state index < -0.39 is 43.6 Å². The van der Waals surface area contributed by atoms with Gasteiger partial charge in [-0.1, -0.05) is 0 Å². The quantitative estimate of drug-likeness (QED) is 0.598. The van der Waals surface area contributed by atoms with E-state index in [4.69, 9.17) is 14.9 Å². The molecule has 2 heterocycles. The number of aromatic nitrogens is 3. The summed E-state index contributed by atoms with van der Waals surface area (Å²) in [6, 6.07) is 4.27. The third-order valence-corrected chi connectivity index (χ3v) is 3.26. The van der Waals surface area contributed by atoms with Crippen molar-refractivity contribution < 1.29 is 28.5 Å². The minimum Gasteiger partial charge on any atom is -0.393 e. The van der Waals surface area contributed by atoms with Crippen LogP contribution in [0.2, 0.25) is 0 Å². The smallest absolute Gasteiger partial charge is 0.351 e. The third kappa shape index (κ3) is 4.88. The van der Waals surface area contributed by atoms with E-state index in [2.05, 4.69) is 15.3 Å². The zero-order valence-electron chi connectivity index (χ0n) is 13.3. The molecule has 2 aromatic rings. The number of nitrogens with one attached hydrogen (secondary N) is 1. The molecular weight excluding hydrogens is 354 g/mol. The number of hydrogen-bond acceptors (Lipinski definition) is 7. The Bertz CT molecular complexity index is 787. The predicted molar refractivity (Wildman–Crippen MR) is 84.8 cm³/mol. The standard InChI is InChI=1S/C15H16F2N4O5/c16-6-12(26-10(8-22)13(17)23)21-5-3-11(20-15(21)25)19-14(24)9-2-1-4-18-7-9/h1-5,7,10,12-13,22-23H,6,8H2,(H,19,20,24,25)/t10-,12-,13-/m1/s1. The number of pyridine rings is 1. The van der Waals surface area contributed by atoms with E-state index in [-0.39, 0.29) is 11.4 Å². The highest BCUT2D eigenvalue weighted by Crippen LogP contribution is 2.14. The molecule has 2 rings (SSSR count). The van der Waals surface area contributed by atoms with E-state index >= 15 is 0 Å². The lowest BCUT2D eigenvalue weighted by atomic mass is 10.3. The van der Waals surface area contributed by atoms with Crippen LogP contribution in [-0.2, 0) is 4.74 Å². The maximum absolute atomic E-state index is 13.1. The van der Waals surface area contributed by atoms with Gasteiger partial charge in [0.05, 0.1) is 12.2 Å². The molecular formula is C15H16F2N4O5. The molecule has 0 saturated carbocycles. The van der Waals surface area contributed by atoms with Crippen molar-refractivity contribution >= 4 is 11.7 Å². The highest BCUT2D eigenvalue weighted by molar-refractivity contribution is 6.03. The Morgan fingerprint density at radius 2 is 2.19 bits per heavy atom. The summed E-state index contributed by atoms with van der Waals surface area (Å²) in [7, 11) is 0. The highest BCUT2D eigenvalue weighted by Gasteiger charge is 2.25. The van der Waals surface area contributed by atoms with Crippen molar-refractivity contribution in [2.24, 2.45) is 0 Å². The van der Waals surface area contributed by atoms with E-state index in [1.54, 1.807) is 6.07 Å². The number of aliphatic hydroxyl groups is 2. The third-order valence-electron chi connectivity index (χ3n) is 3.26. The van der Waals surface area contributed by atoms with Gasteiger partial charge in [-0.2, -0.15) is 4.98 Å². The summed E-state index contributed by atoms with van der Waals surface area (Å²) in [5, 5.41) is 20.1. The number of alkyl halides is 2. The van der Waals surface area contributed by atoms with Gasteiger partial charge in [0.25, 0.3) is 5.91 Å². The molecule has 0 aliphatic rings. The van der Waals surface area contributed by atoms with Gasteiger partial charge in [-0.05, 0) is 18.2 Å². The lowest BCUT2D eigenvalue weighted by Crippen LogP contribution is -2.37.